The van der Waals surface area contributed by atoms with E-state index in [1.807, 2.05) is 13.0 Å². The monoisotopic (exact) mass is 292 g/mol. The van der Waals surface area contributed by atoms with Crippen molar-refractivity contribution in [3.8, 4) is 11.1 Å². The van der Waals surface area contributed by atoms with Crippen LogP contribution < -0.4 is 0 Å². The number of hydrogen-bond donors (Lipinski definition) is 0. The highest BCUT2D eigenvalue weighted by atomic mass is 19.2. The Morgan fingerprint density at radius 1 is 0.857 bits per heavy atom. The molecule has 0 N–H and O–H groups in total. The number of halogens is 4. The van der Waals surface area contributed by atoms with Gasteiger partial charge in [0.15, 0.2) is 23.3 Å². The van der Waals surface area contributed by atoms with Crippen LogP contribution in [0, 0.1) is 30.2 Å². The molecule has 0 bridgehead atoms. The molecule has 0 heterocycles. The summed E-state index contributed by atoms with van der Waals surface area (Å²) in [7, 11) is 0. The van der Waals surface area contributed by atoms with Crippen LogP contribution in [0.15, 0.2) is 23.8 Å². The lowest BCUT2D eigenvalue weighted by Gasteiger charge is -2.13. The zero-order valence-corrected chi connectivity index (χ0v) is 11.5. The van der Waals surface area contributed by atoms with Gasteiger partial charge in [0.2, 0.25) is 0 Å². The quantitative estimate of drug-likeness (QED) is 0.502. The molecule has 4 heteroatoms. The van der Waals surface area contributed by atoms with Gasteiger partial charge in [-0.15, -0.1) is 0 Å². The summed E-state index contributed by atoms with van der Waals surface area (Å²) in [5, 5.41) is 0. The van der Waals surface area contributed by atoms with E-state index in [0.717, 1.165) is 18.1 Å². The Morgan fingerprint density at radius 2 is 1.48 bits per heavy atom. The molecule has 0 aliphatic heterocycles. The third-order valence-corrected chi connectivity index (χ3v) is 3.81. The van der Waals surface area contributed by atoms with Crippen LogP contribution in [0.5, 0.6) is 0 Å². The summed E-state index contributed by atoms with van der Waals surface area (Å²) in [5.74, 6) is -5.39. The van der Waals surface area contributed by atoms with E-state index in [1.165, 1.54) is 6.07 Å². The summed E-state index contributed by atoms with van der Waals surface area (Å²) < 4.78 is 55.8. The molecular weight excluding hydrogens is 280 g/mol. The molecule has 1 aliphatic carbocycles. The third kappa shape index (κ3) is 1.97. The summed E-state index contributed by atoms with van der Waals surface area (Å²) in [6.45, 7) is 2.91. The van der Waals surface area contributed by atoms with Crippen LogP contribution in [0.2, 0.25) is 0 Å². The zero-order valence-electron chi connectivity index (χ0n) is 11.5. The minimum atomic E-state index is -1.35. The first-order chi connectivity index (χ1) is 9.91. The van der Waals surface area contributed by atoms with Gasteiger partial charge in [0.25, 0.3) is 0 Å². The predicted molar refractivity (Wildman–Crippen MR) is 73.8 cm³/mol. The fraction of sp³-hybridized carbons (Fsp3) is 0.176. The second-order valence-electron chi connectivity index (χ2n) is 5.30. The average molecular weight is 292 g/mol. The molecule has 0 fully saturated rings. The van der Waals surface area contributed by atoms with Crippen molar-refractivity contribution < 1.29 is 17.6 Å². The van der Waals surface area contributed by atoms with E-state index in [4.69, 9.17) is 0 Å². The normalized spacial score (nSPS) is 13.3. The van der Waals surface area contributed by atoms with Gasteiger partial charge >= 0.3 is 0 Å². The minimum Gasteiger partial charge on any atom is -0.203 e. The first-order valence-corrected chi connectivity index (χ1v) is 6.53. The predicted octanol–water partition coefficient (Wildman–Crippen LogP) is 5.18. The highest BCUT2D eigenvalue weighted by Crippen LogP contribution is 2.38. The van der Waals surface area contributed by atoms with Crippen LogP contribution in [0.3, 0.4) is 0 Å². The molecule has 2 aromatic carbocycles. The van der Waals surface area contributed by atoms with E-state index in [1.54, 1.807) is 12.1 Å². The van der Waals surface area contributed by atoms with Crippen molar-refractivity contribution in [2.45, 2.75) is 20.3 Å². The zero-order chi connectivity index (χ0) is 15.3. The third-order valence-electron chi connectivity index (χ3n) is 3.81. The standard InChI is InChI=1S/C17H12F4/c1-8-6-10-4-3-5-11(12(10)7-8)13-16(20)14(18)9(2)15(19)17(13)21/h3-5,7H,6H2,1-2H3. The Balaban J connectivity index is 2.36. The molecule has 0 amide bonds. The fourth-order valence-corrected chi connectivity index (χ4v) is 2.73. The Labute approximate surface area is 119 Å². The van der Waals surface area contributed by atoms with E-state index >= 15 is 0 Å². The Kier molecular flexibility index (Phi) is 3.12. The van der Waals surface area contributed by atoms with Crippen molar-refractivity contribution in [2.24, 2.45) is 0 Å². The summed E-state index contributed by atoms with van der Waals surface area (Å²) in [4.78, 5) is 0. The minimum absolute atomic E-state index is 0.178. The van der Waals surface area contributed by atoms with Gasteiger partial charge < -0.3 is 0 Å². The summed E-state index contributed by atoms with van der Waals surface area (Å²) in [6.07, 6.45) is 2.46. The number of rotatable bonds is 1. The van der Waals surface area contributed by atoms with Gasteiger partial charge in [-0.25, -0.2) is 17.6 Å². The maximum Gasteiger partial charge on any atom is 0.170 e. The second-order valence-corrected chi connectivity index (χ2v) is 5.30. The summed E-state index contributed by atoms with van der Waals surface area (Å²) in [6, 6.07) is 4.95. The van der Waals surface area contributed by atoms with Gasteiger partial charge in [-0.1, -0.05) is 29.8 Å². The largest absolute Gasteiger partial charge is 0.203 e. The van der Waals surface area contributed by atoms with Gasteiger partial charge in [-0.05, 0) is 37.0 Å². The smallest absolute Gasteiger partial charge is 0.170 e. The molecular formula is C17H12F4. The number of benzene rings is 2. The molecule has 3 rings (SSSR count). The van der Waals surface area contributed by atoms with E-state index in [0.29, 0.717) is 12.0 Å². The van der Waals surface area contributed by atoms with Crippen LogP contribution in [-0.2, 0) is 6.42 Å². The van der Waals surface area contributed by atoms with Gasteiger partial charge in [0.05, 0.1) is 5.56 Å². The van der Waals surface area contributed by atoms with Gasteiger partial charge in [0.1, 0.15) is 0 Å². The van der Waals surface area contributed by atoms with E-state index in [9.17, 15) is 17.6 Å². The fourth-order valence-electron chi connectivity index (χ4n) is 2.73. The van der Waals surface area contributed by atoms with Gasteiger partial charge in [0, 0.05) is 5.56 Å². The molecule has 0 spiro atoms. The van der Waals surface area contributed by atoms with Crippen molar-refractivity contribution in [3.63, 3.8) is 0 Å². The van der Waals surface area contributed by atoms with Crippen molar-refractivity contribution in [2.75, 3.05) is 0 Å². The van der Waals surface area contributed by atoms with Gasteiger partial charge in [-0.2, -0.15) is 0 Å². The van der Waals surface area contributed by atoms with Crippen LogP contribution in [0.4, 0.5) is 17.6 Å². The molecule has 0 atom stereocenters. The Bertz CT molecular complexity index is 759. The first kappa shape index (κ1) is 13.9. The molecule has 2 aromatic rings. The van der Waals surface area contributed by atoms with Crippen molar-refractivity contribution >= 4 is 6.08 Å². The summed E-state index contributed by atoms with van der Waals surface area (Å²) in [5.41, 5.74) is 1.44. The number of hydrogen-bond acceptors (Lipinski definition) is 0. The average Bonchev–Trinajstić information content (AvgIpc) is 2.84. The maximum atomic E-state index is 14.2. The van der Waals surface area contributed by atoms with Crippen LogP contribution in [0.25, 0.3) is 17.2 Å². The lowest BCUT2D eigenvalue weighted by Crippen LogP contribution is -2.04. The molecule has 0 saturated carbocycles. The molecule has 108 valence electrons. The van der Waals surface area contributed by atoms with Crippen molar-refractivity contribution in [1.82, 2.24) is 0 Å². The lowest BCUT2D eigenvalue weighted by molar-refractivity contribution is 0.449. The summed E-state index contributed by atoms with van der Waals surface area (Å²) >= 11 is 0. The number of allylic oxidation sites excluding steroid dienone is 1. The maximum absolute atomic E-state index is 14.2. The first-order valence-electron chi connectivity index (χ1n) is 6.53. The van der Waals surface area contributed by atoms with Crippen molar-refractivity contribution in [3.05, 3.63) is 63.7 Å². The topological polar surface area (TPSA) is 0 Å². The van der Waals surface area contributed by atoms with Crippen LogP contribution in [0.1, 0.15) is 23.6 Å². The molecule has 0 aromatic heterocycles. The van der Waals surface area contributed by atoms with Crippen molar-refractivity contribution in [1.29, 1.82) is 0 Å². The second kappa shape index (κ2) is 4.72. The van der Waals surface area contributed by atoms with E-state index in [-0.39, 0.29) is 5.56 Å². The van der Waals surface area contributed by atoms with E-state index < -0.39 is 34.4 Å². The van der Waals surface area contributed by atoms with Crippen LogP contribution in [-0.4, -0.2) is 0 Å². The van der Waals surface area contributed by atoms with Gasteiger partial charge in [-0.3, -0.25) is 0 Å². The Hall–Kier alpha value is -2.10. The SMILES string of the molecule is CC1=Cc2c(cccc2-c2c(F)c(F)c(C)c(F)c2F)C1. The van der Waals surface area contributed by atoms with E-state index in [2.05, 4.69) is 0 Å². The molecule has 21 heavy (non-hydrogen) atoms. The highest BCUT2D eigenvalue weighted by Gasteiger charge is 2.26. The molecule has 0 unspecified atom stereocenters. The lowest BCUT2D eigenvalue weighted by atomic mass is 9.95. The highest BCUT2D eigenvalue weighted by molar-refractivity contribution is 5.81. The van der Waals surface area contributed by atoms with Crippen LogP contribution >= 0.6 is 0 Å². The molecule has 0 saturated heterocycles. The molecule has 1 aliphatic rings. The molecule has 0 radical (unpaired) electrons. The Morgan fingerprint density at radius 3 is 2.10 bits per heavy atom. The molecule has 0 nitrogen and oxygen atoms in total. The number of fused-ring (bicyclic) bond motifs is 1.